The van der Waals surface area contributed by atoms with Crippen molar-refractivity contribution in [2.45, 2.75) is 13.1 Å². The first-order valence-corrected chi connectivity index (χ1v) is 5.37. The third-order valence-corrected chi connectivity index (χ3v) is 2.51. The summed E-state index contributed by atoms with van der Waals surface area (Å²) in [6, 6.07) is 7.08. The third-order valence-electron chi connectivity index (χ3n) is 2.51. The minimum Gasteiger partial charge on any atom is -0.508 e. The highest BCUT2D eigenvalue weighted by atomic mass is 16.5. The molecule has 0 amide bonds. The van der Waals surface area contributed by atoms with Crippen LogP contribution in [-0.4, -0.2) is 12.2 Å². The van der Waals surface area contributed by atoms with Gasteiger partial charge >= 0.3 is 0 Å². The molecule has 2 aromatic rings. The van der Waals surface area contributed by atoms with Crippen molar-refractivity contribution >= 4 is 0 Å². The van der Waals surface area contributed by atoms with E-state index in [1.807, 2.05) is 12.1 Å². The van der Waals surface area contributed by atoms with Crippen LogP contribution in [0, 0.1) is 0 Å². The van der Waals surface area contributed by atoms with Gasteiger partial charge in [0.05, 0.1) is 19.6 Å². The highest BCUT2D eigenvalue weighted by molar-refractivity contribution is 5.39. The van der Waals surface area contributed by atoms with Gasteiger partial charge in [0, 0.05) is 24.2 Å². The molecule has 0 atom stereocenters. The molecule has 0 bridgehead atoms. The van der Waals surface area contributed by atoms with Crippen molar-refractivity contribution in [3.8, 4) is 11.5 Å². The Morgan fingerprint density at radius 1 is 1.29 bits per heavy atom. The van der Waals surface area contributed by atoms with Gasteiger partial charge in [0.15, 0.2) is 0 Å². The van der Waals surface area contributed by atoms with Gasteiger partial charge in [-0.3, -0.25) is 0 Å². The van der Waals surface area contributed by atoms with Gasteiger partial charge in [-0.1, -0.05) is 0 Å². The molecule has 4 heteroatoms. The summed E-state index contributed by atoms with van der Waals surface area (Å²) in [5.74, 6) is 1.01. The summed E-state index contributed by atoms with van der Waals surface area (Å²) in [7, 11) is 1.61. The van der Waals surface area contributed by atoms with Gasteiger partial charge < -0.3 is 19.6 Å². The number of methoxy groups -OCH3 is 1. The van der Waals surface area contributed by atoms with Crippen molar-refractivity contribution in [3.05, 3.63) is 47.9 Å². The van der Waals surface area contributed by atoms with Crippen molar-refractivity contribution < 1.29 is 14.3 Å². The van der Waals surface area contributed by atoms with E-state index in [2.05, 4.69) is 5.32 Å². The number of phenols is 1. The lowest BCUT2D eigenvalue weighted by Crippen LogP contribution is -2.12. The smallest absolute Gasteiger partial charge is 0.120 e. The number of hydrogen-bond donors (Lipinski definition) is 2. The Morgan fingerprint density at radius 3 is 2.88 bits per heavy atom. The fourth-order valence-corrected chi connectivity index (χ4v) is 1.57. The molecule has 90 valence electrons. The van der Waals surface area contributed by atoms with E-state index in [1.54, 1.807) is 31.8 Å². The highest BCUT2D eigenvalue weighted by Gasteiger charge is 2.03. The van der Waals surface area contributed by atoms with Gasteiger partial charge in [-0.15, -0.1) is 0 Å². The van der Waals surface area contributed by atoms with Crippen molar-refractivity contribution in [3.63, 3.8) is 0 Å². The second-order valence-electron chi connectivity index (χ2n) is 3.73. The largest absolute Gasteiger partial charge is 0.508 e. The topological polar surface area (TPSA) is 54.6 Å². The van der Waals surface area contributed by atoms with Crippen LogP contribution in [0.3, 0.4) is 0 Å². The summed E-state index contributed by atoms with van der Waals surface area (Å²) in [6.07, 6.45) is 3.33. The van der Waals surface area contributed by atoms with Gasteiger partial charge in [0.25, 0.3) is 0 Å². The summed E-state index contributed by atoms with van der Waals surface area (Å²) in [5.41, 5.74) is 1.89. The number of ether oxygens (including phenoxy) is 1. The predicted molar refractivity (Wildman–Crippen MR) is 63.9 cm³/mol. The fourth-order valence-electron chi connectivity index (χ4n) is 1.57. The first-order chi connectivity index (χ1) is 8.29. The Hall–Kier alpha value is -1.94. The SMILES string of the molecule is COc1ccc(O)c(CNCc2ccoc2)c1. The van der Waals surface area contributed by atoms with Gasteiger partial charge in [-0.25, -0.2) is 0 Å². The van der Waals surface area contributed by atoms with E-state index in [1.165, 1.54) is 0 Å². The minimum absolute atomic E-state index is 0.269. The number of furan rings is 1. The van der Waals surface area contributed by atoms with Crippen LogP contribution in [0.15, 0.2) is 41.2 Å². The Bertz CT molecular complexity index is 466. The molecule has 1 heterocycles. The number of hydrogen-bond acceptors (Lipinski definition) is 4. The molecule has 0 fully saturated rings. The van der Waals surface area contributed by atoms with Gasteiger partial charge in [-0.05, 0) is 24.3 Å². The molecule has 4 nitrogen and oxygen atoms in total. The lowest BCUT2D eigenvalue weighted by Gasteiger charge is -2.08. The number of aromatic hydroxyl groups is 1. The lowest BCUT2D eigenvalue weighted by atomic mass is 10.2. The van der Waals surface area contributed by atoms with Crippen LogP contribution in [0.25, 0.3) is 0 Å². The summed E-state index contributed by atoms with van der Waals surface area (Å²) in [6.45, 7) is 1.28. The maximum atomic E-state index is 9.67. The molecule has 0 saturated carbocycles. The molecule has 1 aromatic carbocycles. The van der Waals surface area contributed by atoms with Crippen LogP contribution in [-0.2, 0) is 13.1 Å². The normalized spacial score (nSPS) is 10.4. The molecule has 0 aliphatic carbocycles. The van der Waals surface area contributed by atoms with Crippen LogP contribution in [0.4, 0.5) is 0 Å². The standard InChI is InChI=1S/C13H15NO3/c1-16-12-2-3-13(15)11(6-12)8-14-7-10-4-5-17-9-10/h2-6,9,14-15H,7-8H2,1H3. The van der Waals surface area contributed by atoms with Crippen LogP contribution in [0.1, 0.15) is 11.1 Å². The van der Waals surface area contributed by atoms with E-state index < -0.39 is 0 Å². The Balaban J connectivity index is 1.94. The molecule has 0 saturated heterocycles. The van der Waals surface area contributed by atoms with Crippen molar-refractivity contribution in [2.75, 3.05) is 7.11 Å². The van der Waals surface area contributed by atoms with Crippen LogP contribution in [0.2, 0.25) is 0 Å². The van der Waals surface area contributed by atoms with E-state index in [9.17, 15) is 5.11 Å². The molecular formula is C13H15NO3. The summed E-state index contributed by atoms with van der Waals surface area (Å²) in [4.78, 5) is 0. The molecule has 0 aliphatic rings. The average molecular weight is 233 g/mol. The maximum absolute atomic E-state index is 9.67. The van der Waals surface area contributed by atoms with Crippen LogP contribution >= 0.6 is 0 Å². The first-order valence-electron chi connectivity index (χ1n) is 5.37. The van der Waals surface area contributed by atoms with Crippen LogP contribution in [0.5, 0.6) is 11.5 Å². The van der Waals surface area contributed by atoms with Gasteiger partial charge in [0.2, 0.25) is 0 Å². The van der Waals surface area contributed by atoms with Crippen molar-refractivity contribution in [1.29, 1.82) is 0 Å². The van der Waals surface area contributed by atoms with E-state index in [0.29, 0.717) is 13.1 Å². The first kappa shape index (κ1) is 11.5. The average Bonchev–Trinajstić information content (AvgIpc) is 2.84. The minimum atomic E-state index is 0.269. The molecule has 2 N–H and O–H groups in total. The molecule has 1 aromatic heterocycles. The molecule has 0 radical (unpaired) electrons. The lowest BCUT2D eigenvalue weighted by molar-refractivity contribution is 0.410. The molecule has 17 heavy (non-hydrogen) atoms. The fraction of sp³-hybridized carbons (Fsp3) is 0.231. The predicted octanol–water partition coefficient (Wildman–Crippen LogP) is 2.28. The highest BCUT2D eigenvalue weighted by Crippen LogP contribution is 2.22. The third kappa shape index (κ3) is 3.01. The summed E-state index contributed by atoms with van der Waals surface area (Å²) < 4.78 is 10.1. The second kappa shape index (κ2) is 5.41. The summed E-state index contributed by atoms with van der Waals surface area (Å²) >= 11 is 0. The van der Waals surface area contributed by atoms with E-state index >= 15 is 0 Å². The molecule has 0 aliphatic heterocycles. The van der Waals surface area contributed by atoms with E-state index in [-0.39, 0.29) is 5.75 Å². The number of benzene rings is 1. The summed E-state index contributed by atoms with van der Waals surface area (Å²) in [5, 5.41) is 12.9. The Kier molecular flexibility index (Phi) is 3.67. The van der Waals surface area contributed by atoms with Gasteiger partial charge in [-0.2, -0.15) is 0 Å². The number of rotatable bonds is 5. The molecular weight excluding hydrogens is 218 g/mol. The van der Waals surface area contributed by atoms with Crippen molar-refractivity contribution in [1.82, 2.24) is 5.32 Å². The number of phenolic OH excluding ortho intramolecular Hbond substituents is 1. The zero-order chi connectivity index (χ0) is 12.1. The maximum Gasteiger partial charge on any atom is 0.120 e. The quantitative estimate of drug-likeness (QED) is 0.832. The second-order valence-corrected chi connectivity index (χ2v) is 3.73. The zero-order valence-electron chi connectivity index (χ0n) is 9.64. The number of nitrogens with one attached hydrogen (secondary N) is 1. The molecule has 0 unspecified atom stereocenters. The van der Waals surface area contributed by atoms with E-state index in [4.69, 9.17) is 9.15 Å². The van der Waals surface area contributed by atoms with Gasteiger partial charge in [0.1, 0.15) is 11.5 Å². The Labute approximate surface area is 99.8 Å². The molecule has 2 rings (SSSR count). The van der Waals surface area contributed by atoms with Crippen LogP contribution < -0.4 is 10.1 Å². The van der Waals surface area contributed by atoms with E-state index in [0.717, 1.165) is 16.9 Å². The Morgan fingerprint density at radius 2 is 2.18 bits per heavy atom. The molecule has 0 spiro atoms. The van der Waals surface area contributed by atoms with Crippen molar-refractivity contribution in [2.24, 2.45) is 0 Å². The zero-order valence-corrected chi connectivity index (χ0v) is 9.64. The monoisotopic (exact) mass is 233 g/mol.